The van der Waals surface area contributed by atoms with Crippen molar-refractivity contribution in [3.63, 3.8) is 0 Å². The summed E-state index contributed by atoms with van der Waals surface area (Å²) in [4.78, 5) is 62.4. The first kappa shape index (κ1) is 16.9. The number of hydrogen-bond acceptors (Lipinski definition) is 5. The fraction of sp³-hybridized carbons (Fsp3) is 0.211. The highest BCUT2D eigenvalue weighted by Crippen LogP contribution is 2.35. The maximum absolute atomic E-state index is 12.9. The van der Waals surface area contributed by atoms with E-state index in [0.717, 1.165) is 4.90 Å². The number of nitrogens with one attached hydrogen (secondary N) is 2. The molecule has 0 unspecified atom stereocenters. The van der Waals surface area contributed by atoms with Gasteiger partial charge in [0.1, 0.15) is 0 Å². The molecule has 5 amide bonds. The molecule has 8 nitrogen and oxygen atoms in total. The maximum Gasteiger partial charge on any atom is 0.261 e. The van der Waals surface area contributed by atoms with Crippen LogP contribution in [0.4, 0.5) is 0 Å². The molecule has 0 fully saturated rings. The molecule has 2 heterocycles. The molecule has 2 aromatic carbocycles. The summed E-state index contributed by atoms with van der Waals surface area (Å²) in [6, 6.07) is 5.95. The van der Waals surface area contributed by atoms with Crippen LogP contribution in [0.5, 0.6) is 0 Å². The minimum atomic E-state index is -0.555. The van der Waals surface area contributed by atoms with E-state index in [1.54, 1.807) is 6.92 Å². The van der Waals surface area contributed by atoms with E-state index in [4.69, 9.17) is 0 Å². The minimum absolute atomic E-state index is 0.0350. The van der Waals surface area contributed by atoms with E-state index < -0.39 is 23.6 Å². The lowest BCUT2D eigenvalue weighted by Crippen LogP contribution is -2.45. The number of benzene rings is 2. The highest BCUT2D eigenvalue weighted by atomic mass is 16.2. The molecular formula is C19H15N3O5. The lowest BCUT2D eigenvalue weighted by molar-refractivity contribution is -0.120. The van der Waals surface area contributed by atoms with Gasteiger partial charge in [0.25, 0.3) is 23.6 Å². The van der Waals surface area contributed by atoms with E-state index in [2.05, 4.69) is 10.6 Å². The molecule has 0 spiro atoms. The molecule has 136 valence electrons. The van der Waals surface area contributed by atoms with Gasteiger partial charge < -0.3 is 5.32 Å². The van der Waals surface area contributed by atoms with Gasteiger partial charge in [-0.1, -0.05) is 6.92 Å². The molecule has 4 rings (SSSR count). The molecule has 2 aliphatic heterocycles. The summed E-state index contributed by atoms with van der Waals surface area (Å²) in [6.45, 7) is 1.90. The first-order chi connectivity index (χ1) is 12.9. The first-order valence-electron chi connectivity index (χ1n) is 8.52. The molecule has 27 heavy (non-hydrogen) atoms. The van der Waals surface area contributed by atoms with Crippen molar-refractivity contribution in [2.75, 3.05) is 13.1 Å². The summed E-state index contributed by atoms with van der Waals surface area (Å²) >= 11 is 0. The van der Waals surface area contributed by atoms with Gasteiger partial charge in [-0.3, -0.25) is 34.2 Å². The molecule has 2 aromatic rings. The number of nitrogens with zero attached hydrogens (tertiary/aromatic N) is 1. The van der Waals surface area contributed by atoms with E-state index in [-0.39, 0.29) is 41.3 Å². The van der Waals surface area contributed by atoms with E-state index in [1.165, 1.54) is 24.3 Å². The zero-order valence-electron chi connectivity index (χ0n) is 14.4. The fourth-order valence-electron chi connectivity index (χ4n) is 3.49. The largest absolute Gasteiger partial charge is 0.354 e. The Morgan fingerprint density at radius 3 is 1.89 bits per heavy atom. The third kappa shape index (κ3) is 2.41. The highest BCUT2D eigenvalue weighted by Gasteiger charge is 2.36. The van der Waals surface area contributed by atoms with Crippen molar-refractivity contribution >= 4 is 40.3 Å². The maximum atomic E-state index is 12.9. The molecule has 0 bridgehead atoms. The van der Waals surface area contributed by atoms with Crippen molar-refractivity contribution in [2.24, 2.45) is 0 Å². The SMILES string of the molecule is CCC(=O)NCCN1C(=O)c2ccc3c4c(ccc(c24)C1=O)C(=O)NC3=O. The predicted octanol–water partition coefficient (Wildman–Crippen LogP) is 0.846. The van der Waals surface area contributed by atoms with Crippen LogP contribution >= 0.6 is 0 Å². The Kier molecular flexibility index (Phi) is 3.76. The summed E-state index contributed by atoms with van der Waals surface area (Å²) in [5, 5.41) is 5.55. The lowest BCUT2D eigenvalue weighted by Gasteiger charge is -2.29. The molecule has 0 radical (unpaired) electrons. The molecule has 2 N–H and O–H groups in total. The second kappa shape index (κ2) is 6.01. The number of amides is 5. The molecule has 0 saturated carbocycles. The monoisotopic (exact) mass is 365 g/mol. The summed E-state index contributed by atoms with van der Waals surface area (Å²) in [7, 11) is 0. The molecule has 0 atom stereocenters. The van der Waals surface area contributed by atoms with Gasteiger partial charge in [-0.05, 0) is 24.3 Å². The van der Waals surface area contributed by atoms with E-state index in [1.807, 2.05) is 0 Å². The minimum Gasteiger partial charge on any atom is -0.354 e. The zero-order chi connectivity index (χ0) is 19.3. The molecule has 2 aliphatic rings. The normalized spacial score (nSPS) is 15.2. The van der Waals surface area contributed by atoms with Gasteiger partial charge in [0.2, 0.25) is 5.91 Å². The van der Waals surface area contributed by atoms with Crippen LogP contribution in [0.15, 0.2) is 24.3 Å². The van der Waals surface area contributed by atoms with Crippen molar-refractivity contribution in [1.82, 2.24) is 15.5 Å². The van der Waals surface area contributed by atoms with E-state index in [9.17, 15) is 24.0 Å². The fourth-order valence-corrected chi connectivity index (χ4v) is 3.49. The quantitative estimate of drug-likeness (QED) is 0.780. The zero-order valence-corrected chi connectivity index (χ0v) is 14.4. The van der Waals surface area contributed by atoms with Crippen molar-refractivity contribution in [3.05, 3.63) is 46.5 Å². The Labute approximate surface area is 153 Å². The van der Waals surface area contributed by atoms with Gasteiger partial charge in [-0.15, -0.1) is 0 Å². The molecule has 0 aromatic heterocycles. The summed E-state index contributed by atoms with van der Waals surface area (Å²) in [6.07, 6.45) is 0.311. The van der Waals surface area contributed by atoms with E-state index >= 15 is 0 Å². The average molecular weight is 365 g/mol. The Bertz CT molecular complexity index is 1000. The van der Waals surface area contributed by atoms with Crippen molar-refractivity contribution in [1.29, 1.82) is 0 Å². The van der Waals surface area contributed by atoms with Gasteiger partial charge in [-0.2, -0.15) is 0 Å². The number of hydrogen-bond donors (Lipinski definition) is 2. The Morgan fingerprint density at radius 1 is 0.889 bits per heavy atom. The van der Waals surface area contributed by atoms with Crippen LogP contribution in [0.3, 0.4) is 0 Å². The van der Waals surface area contributed by atoms with Crippen LogP contribution in [0.25, 0.3) is 10.8 Å². The number of carbonyl (C=O) groups excluding carboxylic acids is 5. The van der Waals surface area contributed by atoms with Gasteiger partial charge in [0.15, 0.2) is 0 Å². The van der Waals surface area contributed by atoms with Crippen LogP contribution in [0, 0.1) is 0 Å². The first-order valence-corrected chi connectivity index (χ1v) is 8.52. The molecule has 0 aliphatic carbocycles. The van der Waals surface area contributed by atoms with Crippen LogP contribution in [0.2, 0.25) is 0 Å². The highest BCUT2D eigenvalue weighted by molar-refractivity contribution is 6.33. The van der Waals surface area contributed by atoms with Crippen molar-refractivity contribution < 1.29 is 24.0 Å². The summed E-state index contributed by atoms with van der Waals surface area (Å²) in [5.74, 6) is -2.31. The standard InChI is InChI=1S/C19H15N3O5/c1-2-13(23)20-7-8-22-18(26)11-5-3-9-14-10(17(25)21-16(9)24)4-6-12(15(11)14)19(22)27/h3-6H,2,7-8H2,1H3,(H,20,23)(H,21,24,25). The average Bonchev–Trinajstić information content (AvgIpc) is 2.66. The predicted molar refractivity (Wildman–Crippen MR) is 94.4 cm³/mol. The summed E-state index contributed by atoms with van der Waals surface area (Å²) in [5.41, 5.74) is 1.04. The molecular weight excluding hydrogens is 350 g/mol. The van der Waals surface area contributed by atoms with Crippen LogP contribution in [-0.2, 0) is 4.79 Å². The number of rotatable bonds is 4. The Balaban J connectivity index is 1.81. The van der Waals surface area contributed by atoms with Gasteiger partial charge in [-0.25, -0.2) is 0 Å². The number of imide groups is 2. The third-order valence-corrected chi connectivity index (χ3v) is 4.81. The smallest absolute Gasteiger partial charge is 0.261 e. The Hall–Kier alpha value is -3.55. The van der Waals surface area contributed by atoms with Crippen LogP contribution in [-0.4, -0.2) is 47.5 Å². The van der Waals surface area contributed by atoms with E-state index in [0.29, 0.717) is 17.2 Å². The van der Waals surface area contributed by atoms with Crippen molar-refractivity contribution in [3.8, 4) is 0 Å². The summed E-state index contributed by atoms with van der Waals surface area (Å²) < 4.78 is 0. The second-order valence-corrected chi connectivity index (χ2v) is 6.32. The third-order valence-electron chi connectivity index (χ3n) is 4.81. The van der Waals surface area contributed by atoms with Gasteiger partial charge in [0.05, 0.1) is 0 Å². The van der Waals surface area contributed by atoms with Crippen LogP contribution < -0.4 is 10.6 Å². The van der Waals surface area contributed by atoms with Crippen molar-refractivity contribution in [2.45, 2.75) is 13.3 Å². The van der Waals surface area contributed by atoms with Crippen LogP contribution in [0.1, 0.15) is 54.8 Å². The second-order valence-electron chi connectivity index (χ2n) is 6.32. The number of carbonyl (C=O) groups is 5. The topological polar surface area (TPSA) is 113 Å². The lowest BCUT2D eigenvalue weighted by atomic mass is 9.86. The molecule has 8 heteroatoms. The Morgan fingerprint density at radius 2 is 1.37 bits per heavy atom. The van der Waals surface area contributed by atoms with Gasteiger partial charge >= 0.3 is 0 Å². The molecule has 0 saturated heterocycles. The van der Waals surface area contributed by atoms with Gasteiger partial charge in [0, 0.05) is 52.5 Å².